The Morgan fingerprint density at radius 2 is 2.12 bits per heavy atom. The third-order valence-electron chi connectivity index (χ3n) is 5.03. The minimum Gasteiger partial charge on any atom is -0.504 e. The molecular formula is C20H19BrO4. The average molecular weight is 403 g/mol. The van der Waals surface area contributed by atoms with E-state index in [4.69, 9.17) is 4.74 Å². The number of rotatable bonds is 3. The molecule has 0 saturated heterocycles. The van der Waals surface area contributed by atoms with Crippen molar-refractivity contribution in [2.24, 2.45) is 5.92 Å². The fourth-order valence-electron chi connectivity index (χ4n) is 3.79. The van der Waals surface area contributed by atoms with E-state index in [9.17, 15) is 14.7 Å². The van der Waals surface area contributed by atoms with Crippen molar-refractivity contribution in [2.45, 2.75) is 23.6 Å². The maximum absolute atomic E-state index is 13.1. The third kappa shape index (κ3) is 2.58. The first-order valence-corrected chi connectivity index (χ1v) is 8.79. The molecular weight excluding hydrogens is 384 g/mol. The van der Waals surface area contributed by atoms with Gasteiger partial charge in [0.2, 0.25) is 0 Å². The fraction of sp³-hybridized carbons (Fsp3) is 0.300. The van der Waals surface area contributed by atoms with Crippen molar-refractivity contribution in [3.05, 3.63) is 59.7 Å². The maximum Gasteiger partial charge on any atom is 0.177 e. The normalized spacial score (nSPS) is 28.8. The minimum absolute atomic E-state index is 0.0217. The van der Waals surface area contributed by atoms with E-state index in [1.54, 1.807) is 25.1 Å². The second-order valence-corrected chi connectivity index (χ2v) is 7.70. The minimum atomic E-state index is -1.07. The number of hydrogen-bond acceptors (Lipinski definition) is 4. The number of carbonyl (C=O) groups is 2. The van der Waals surface area contributed by atoms with Crippen LogP contribution < -0.4 is 4.74 Å². The SMILES string of the molecule is C=CC1=CC[C@H]2C(=O)C=C(C)C(=O)[C@@]2(Br)[C@H]1c1ccc(O)c(OC)c1. The van der Waals surface area contributed by atoms with Crippen molar-refractivity contribution in [1.29, 1.82) is 0 Å². The van der Waals surface area contributed by atoms with Crippen molar-refractivity contribution < 1.29 is 19.4 Å². The molecule has 130 valence electrons. The highest BCUT2D eigenvalue weighted by atomic mass is 79.9. The van der Waals surface area contributed by atoms with E-state index in [0.29, 0.717) is 17.7 Å². The molecule has 0 bridgehead atoms. The fourth-order valence-corrected chi connectivity index (χ4v) is 5.05. The molecule has 0 fully saturated rings. The Morgan fingerprint density at radius 3 is 2.76 bits per heavy atom. The molecule has 0 radical (unpaired) electrons. The Morgan fingerprint density at radius 1 is 1.40 bits per heavy atom. The van der Waals surface area contributed by atoms with Crippen molar-refractivity contribution in [2.75, 3.05) is 7.11 Å². The van der Waals surface area contributed by atoms with Gasteiger partial charge in [0.05, 0.1) is 7.11 Å². The summed E-state index contributed by atoms with van der Waals surface area (Å²) >= 11 is 3.67. The summed E-state index contributed by atoms with van der Waals surface area (Å²) in [5, 5.41) is 9.89. The Labute approximate surface area is 155 Å². The number of fused-ring (bicyclic) bond motifs is 1. The maximum atomic E-state index is 13.1. The number of phenols is 1. The molecule has 0 aliphatic heterocycles. The van der Waals surface area contributed by atoms with Gasteiger partial charge >= 0.3 is 0 Å². The van der Waals surface area contributed by atoms with Crippen LogP contribution in [-0.2, 0) is 9.59 Å². The summed E-state index contributed by atoms with van der Waals surface area (Å²) in [4.78, 5) is 25.6. The van der Waals surface area contributed by atoms with Crippen LogP contribution in [0.2, 0.25) is 0 Å². The molecule has 0 unspecified atom stereocenters. The summed E-state index contributed by atoms with van der Waals surface area (Å²) in [6.45, 7) is 5.54. The van der Waals surface area contributed by atoms with Crippen molar-refractivity contribution >= 4 is 27.5 Å². The first-order valence-electron chi connectivity index (χ1n) is 7.99. The standard InChI is InChI=1S/C20H19BrO4/c1-4-12-5-7-14-16(23)9-11(2)19(24)20(14,21)18(12)13-6-8-15(22)17(10-13)25-3/h4-6,8-10,14,18,22H,1,7H2,2-3H3/t14-,18+,20-/m0/s1. The van der Waals surface area contributed by atoms with E-state index in [0.717, 1.165) is 11.1 Å². The number of hydrogen-bond donors (Lipinski definition) is 1. The number of phenolic OH excluding ortho intramolecular Hbond substituents is 1. The van der Waals surface area contributed by atoms with Gasteiger partial charge in [-0.1, -0.05) is 40.7 Å². The van der Waals surface area contributed by atoms with E-state index < -0.39 is 16.2 Å². The molecule has 2 aliphatic rings. The van der Waals surface area contributed by atoms with Crippen molar-refractivity contribution in [3.8, 4) is 11.5 Å². The van der Waals surface area contributed by atoms with Crippen LogP contribution in [0.4, 0.5) is 0 Å². The lowest BCUT2D eigenvalue weighted by atomic mass is 9.62. The number of Topliss-reactive ketones (excluding diaryl/α,β-unsaturated/α-hetero) is 1. The quantitative estimate of drug-likeness (QED) is 0.779. The molecule has 4 nitrogen and oxygen atoms in total. The van der Waals surface area contributed by atoms with E-state index in [1.165, 1.54) is 19.3 Å². The van der Waals surface area contributed by atoms with Gasteiger partial charge in [-0.2, -0.15) is 0 Å². The summed E-state index contributed by atoms with van der Waals surface area (Å²) in [7, 11) is 1.47. The topological polar surface area (TPSA) is 63.6 Å². The predicted molar refractivity (Wildman–Crippen MR) is 99.2 cm³/mol. The number of halogens is 1. The number of ether oxygens (including phenoxy) is 1. The molecule has 1 aromatic rings. The lowest BCUT2D eigenvalue weighted by molar-refractivity contribution is -0.128. The number of carbonyl (C=O) groups excluding carboxylic acids is 2. The predicted octanol–water partition coefficient (Wildman–Crippen LogP) is 3.85. The Kier molecular flexibility index (Phi) is 4.45. The van der Waals surface area contributed by atoms with E-state index in [1.807, 2.05) is 6.08 Å². The molecule has 1 N–H and O–H groups in total. The van der Waals surface area contributed by atoms with Crippen molar-refractivity contribution in [1.82, 2.24) is 0 Å². The zero-order valence-corrected chi connectivity index (χ0v) is 15.7. The monoisotopic (exact) mass is 402 g/mol. The first-order chi connectivity index (χ1) is 11.8. The summed E-state index contributed by atoms with van der Waals surface area (Å²) in [5.74, 6) is -0.685. The van der Waals surface area contributed by atoms with E-state index in [2.05, 4.69) is 22.5 Å². The zero-order chi connectivity index (χ0) is 18.4. The van der Waals surface area contributed by atoms with Crippen LogP contribution in [0, 0.1) is 5.92 Å². The summed E-state index contributed by atoms with van der Waals surface area (Å²) in [6.07, 6.45) is 5.59. The van der Waals surface area contributed by atoms with Crippen LogP contribution in [0.25, 0.3) is 0 Å². The van der Waals surface area contributed by atoms with Gasteiger partial charge in [0.1, 0.15) is 4.32 Å². The number of alkyl halides is 1. The van der Waals surface area contributed by atoms with Gasteiger partial charge in [0.25, 0.3) is 0 Å². The van der Waals surface area contributed by atoms with Crippen molar-refractivity contribution in [3.63, 3.8) is 0 Å². The van der Waals surface area contributed by atoms with Gasteiger partial charge < -0.3 is 9.84 Å². The molecule has 5 heteroatoms. The number of methoxy groups -OCH3 is 1. The number of benzene rings is 1. The number of aromatic hydroxyl groups is 1. The molecule has 3 rings (SSSR count). The second-order valence-electron chi connectivity index (χ2n) is 6.39. The number of ketones is 2. The van der Waals surface area contributed by atoms with E-state index in [-0.39, 0.29) is 17.3 Å². The highest BCUT2D eigenvalue weighted by Crippen LogP contribution is 2.54. The summed E-state index contributed by atoms with van der Waals surface area (Å²) in [5.41, 5.74) is 2.09. The van der Waals surface area contributed by atoms with Gasteiger partial charge in [0, 0.05) is 11.8 Å². The van der Waals surface area contributed by atoms with Gasteiger partial charge in [-0.25, -0.2) is 0 Å². The van der Waals surface area contributed by atoms with Crippen LogP contribution in [-0.4, -0.2) is 28.1 Å². The zero-order valence-electron chi connectivity index (χ0n) is 14.1. The molecule has 2 aliphatic carbocycles. The Hall–Kier alpha value is -2.14. The van der Waals surface area contributed by atoms with Gasteiger partial charge in [-0.15, -0.1) is 0 Å². The lowest BCUT2D eigenvalue weighted by Crippen LogP contribution is -2.53. The molecule has 1 aromatic carbocycles. The molecule has 3 atom stereocenters. The van der Waals surface area contributed by atoms with Gasteiger partial charge in [-0.3, -0.25) is 9.59 Å². The molecule has 0 saturated carbocycles. The first kappa shape index (κ1) is 17.7. The largest absolute Gasteiger partial charge is 0.504 e. The molecule has 0 aromatic heterocycles. The molecule has 0 spiro atoms. The van der Waals surface area contributed by atoms with E-state index >= 15 is 0 Å². The lowest BCUT2D eigenvalue weighted by Gasteiger charge is -2.45. The van der Waals surface area contributed by atoms with Gasteiger partial charge in [0.15, 0.2) is 23.1 Å². The molecule has 0 heterocycles. The van der Waals surface area contributed by atoms with Crippen LogP contribution >= 0.6 is 15.9 Å². The second kappa shape index (κ2) is 6.30. The average Bonchev–Trinajstić information content (AvgIpc) is 2.60. The van der Waals surface area contributed by atoms with Gasteiger partial charge in [-0.05, 0) is 48.3 Å². The Balaban J connectivity index is 2.24. The molecule has 0 amide bonds. The van der Waals surface area contributed by atoms with Crippen LogP contribution in [0.5, 0.6) is 11.5 Å². The summed E-state index contributed by atoms with van der Waals surface area (Å²) in [6, 6.07) is 4.98. The summed E-state index contributed by atoms with van der Waals surface area (Å²) < 4.78 is 4.14. The third-order valence-corrected chi connectivity index (χ3v) is 6.40. The highest BCUT2D eigenvalue weighted by Gasteiger charge is 2.56. The van der Waals surface area contributed by atoms with Crippen LogP contribution in [0.3, 0.4) is 0 Å². The Bertz CT molecular complexity index is 836. The van der Waals surface area contributed by atoms with Crippen LogP contribution in [0.15, 0.2) is 54.2 Å². The smallest absolute Gasteiger partial charge is 0.177 e. The number of allylic oxidation sites excluding steroid dienone is 5. The molecule has 25 heavy (non-hydrogen) atoms. The van der Waals surface area contributed by atoms with Crippen LogP contribution in [0.1, 0.15) is 24.8 Å². The highest BCUT2D eigenvalue weighted by molar-refractivity contribution is 9.10.